The van der Waals surface area contributed by atoms with E-state index in [1.807, 2.05) is 57.4 Å². The molecule has 0 aliphatic carbocycles. The van der Waals surface area contributed by atoms with Gasteiger partial charge in [-0.3, -0.25) is 0 Å². The van der Waals surface area contributed by atoms with Crippen LogP contribution in [0, 0.1) is 0 Å². The normalized spacial score (nSPS) is 13.0. The minimum Gasteiger partial charge on any atom is -0.497 e. The molecule has 0 saturated carbocycles. The maximum Gasteiger partial charge on any atom is 0.315 e. The summed E-state index contributed by atoms with van der Waals surface area (Å²) in [4.78, 5) is 14.5. The van der Waals surface area contributed by atoms with Crippen molar-refractivity contribution in [1.82, 2.24) is 15.5 Å². The minimum atomic E-state index is -0.219. The number of nitrogens with one attached hydrogen (secondary N) is 2. The number of rotatable bonds is 8. The highest BCUT2D eigenvalue weighted by Gasteiger charge is 2.18. The molecule has 2 atom stereocenters. The van der Waals surface area contributed by atoms with Crippen LogP contribution in [0.4, 0.5) is 4.79 Å². The molecule has 2 aromatic rings. The van der Waals surface area contributed by atoms with E-state index in [2.05, 4.69) is 27.7 Å². The maximum absolute atomic E-state index is 12.4. The van der Waals surface area contributed by atoms with Gasteiger partial charge in [-0.05, 0) is 38.7 Å². The Hall–Kier alpha value is -2.73. The molecule has 0 spiro atoms. The number of hydrogen-bond donors (Lipinski definition) is 2. The zero-order valence-corrected chi connectivity index (χ0v) is 16.7. The number of carbonyl (C=O) groups excluding carboxylic acids is 1. The van der Waals surface area contributed by atoms with Gasteiger partial charge in [-0.15, -0.1) is 0 Å². The second-order valence-electron chi connectivity index (χ2n) is 6.57. The van der Waals surface area contributed by atoms with Crippen LogP contribution in [-0.4, -0.2) is 45.8 Å². The molecule has 27 heavy (non-hydrogen) atoms. The fraction of sp³-hybridized carbons (Fsp3) is 0.381. The molecule has 146 valence electrons. The zero-order valence-electron chi connectivity index (χ0n) is 16.7. The molecule has 0 heterocycles. The lowest BCUT2D eigenvalue weighted by molar-refractivity contribution is 0.230. The van der Waals surface area contributed by atoms with Gasteiger partial charge in [-0.25, -0.2) is 4.79 Å². The highest BCUT2D eigenvalue weighted by molar-refractivity contribution is 5.74. The van der Waals surface area contributed by atoms with Crippen LogP contribution in [0.2, 0.25) is 0 Å². The number of ether oxygens (including phenoxy) is 2. The van der Waals surface area contributed by atoms with Gasteiger partial charge in [-0.1, -0.05) is 30.3 Å². The molecule has 6 nitrogen and oxygen atoms in total. The number of hydrogen-bond acceptors (Lipinski definition) is 4. The fourth-order valence-corrected chi connectivity index (χ4v) is 2.96. The van der Waals surface area contributed by atoms with Gasteiger partial charge in [0.1, 0.15) is 11.5 Å². The molecule has 6 heteroatoms. The number of methoxy groups -OCH3 is 2. The first-order valence-electron chi connectivity index (χ1n) is 8.94. The van der Waals surface area contributed by atoms with Gasteiger partial charge in [0.2, 0.25) is 0 Å². The molecule has 2 unspecified atom stereocenters. The summed E-state index contributed by atoms with van der Waals surface area (Å²) in [6, 6.07) is 15.4. The van der Waals surface area contributed by atoms with Gasteiger partial charge in [0, 0.05) is 18.2 Å². The Labute approximate surface area is 161 Å². The first-order chi connectivity index (χ1) is 13.0. The largest absolute Gasteiger partial charge is 0.497 e. The summed E-state index contributed by atoms with van der Waals surface area (Å²) in [5.74, 6) is 1.39. The van der Waals surface area contributed by atoms with Gasteiger partial charge in [0.25, 0.3) is 0 Å². The highest BCUT2D eigenvalue weighted by Crippen LogP contribution is 2.29. The van der Waals surface area contributed by atoms with Crippen LogP contribution in [0.15, 0.2) is 48.5 Å². The van der Waals surface area contributed by atoms with Crippen LogP contribution in [0.5, 0.6) is 11.5 Å². The molecule has 0 aliphatic rings. The number of urea groups is 1. The van der Waals surface area contributed by atoms with E-state index in [4.69, 9.17) is 9.47 Å². The summed E-state index contributed by atoms with van der Waals surface area (Å²) >= 11 is 0. The second kappa shape index (κ2) is 9.83. The van der Waals surface area contributed by atoms with Crippen molar-refractivity contribution >= 4 is 6.03 Å². The molecule has 2 aromatic carbocycles. The Morgan fingerprint density at radius 1 is 1.07 bits per heavy atom. The summed E-state index contributed by atoms with van der Waals surface area (Å²) < 4.78 is 10.6. The standard InChI is InChI=1S/C21H29N3O3/c1-15(18-12-11-17(26-4)13-20(18)27-5)23-21(25)22-14-19(24(2)3)16-9-7-6-8-10-16/h6-13,15,19H,14H2,1-5H3,(H2,22,23,25). The quantitative estimate of drug-likeness (QED) is 0.747. The molecule has 0 radical (unpaired) electrons. The van der Waals surface area contributed by atoms with Crippen molar-refractivity contribution in [1.29, 1.82) is 0 Å². The SMILES string of the molecule is COc1ccc(C(C)NC(=O)NCC(c2ccccc2)N(C)C)c(OC)c1. The van der Waals surface area contributed by atoms with Gasteiger partial charge in [0.05, 0.1) is 26.3 Å². The lowest BCUT2D eigenvalue weighted by Gasteiger charge is -2.26. The van der Waals surface area contributed by atoms with Crippen molar-refractivity contribution < 1.29 is 14.3 Å². The van der Waals surface area contributed by atoms with E-state index in [0.717, 1.165) is 11.1 Å². The lowest BCUT2D eigenvalue weighted by Crippen LogP contribution is -2.41. The second-order valence-corrected chi connectivity index (χ2v) is 6.57. The first-order valence-corrected chi connectivity index (χ1v) is 8.94. The Morgan fingerprint density at radius 2 is 1.78 bits per heavy atom. The van der Waals surface area contributed by atoms with Crippen molar-refractivity contribution in [3.8, 4) is 11.5 Å². The molecule has 0 bridgehead atoms. The molecule has 0 fully saturated rings. The van der Waals surface area contributed by atoms with E-state index in [1.165, 1.54) is 0 Å². The van der Waals surface area contributed by atoms with Crippen LogP contribution in [0.25, 0.3) is 0 Å². The van der Waals surface area contributed by atoms with Crippen LogP contribution < -0.4 is 20.1 Å². The van der Waals surface area contributed by atoms with Crippen LogP contribution in [0.3, 0.4) is 0 Å². The summed E-state index contributed by atoms with van der Waals surface area (Å²) in [6.45, 7) is 2.43. The molecule has 0 saturated heterocycles. The van der Waals surface area contributed by atoms with Crippen LogP contribution >= 0.6 is 0 Å². The van der Waals surface area contributed by atoms with Crippen molar-refractivity contribution in [3.63, 3.8) is 0 Å². The van der Waals surface area contributed by atoms with Crippen molar-refractivity contribution in [2.75, 3.05) is 34.9 Å². The van der Waals surface area contributed by atoms with Gasteiger partial charge in [0.15, 0.2) is 0 Å². The third-order valence-electron chi connectivity index (χ3n) is 4.52. The van der Waals surface area contributed by atoms with Gasteiger partial charge >= 0.3 is 6.03 Å². The number of amides is 2. The molecular weight excluding hydrogens is 342 g/mol. The molecule has 2 rings (SSSR count). The van der Waals surface area contributed by atoms with Crippen LogP contribution in [-0.2, 0) is 0 Å². The third kappa shape index (κ3) is 5.62. The van der Waals surface area contributed by atoms with E-state index >= 15 is 0 Å². The average molecular weight is 371 g/mol. The topological polar surface area (TPSA) is 62.8 Å². The highest BCUT2D eigenvalue weighted by atomic mass is 16.5. The Kier molecular flexibility index (Phi) is 7.49. The molecular formula is C21H29N3O3. The molecule has 0 aliphatic heterocycles. The van der Waals surface area contributed by atoms with E-state index in [0.29, 0.717) is 18.0 Å². The predicted octanol–water partition coefficient (Wildman–Crippen LogP) is 3.37. The predicted molar refractivity (Wildman–Crippen MR) is 107 cm³/mol. The Morgan fingerprint density at radius 3 is 2.37 bits per heavy atom. The first kappa shape index (κ1) is 20.6. The maximum atomic E-state index is 12.4. The van der Waals surface area contributed by atoms with E-state index in [-0.39, 0.29) is 18.1 Å². The van der Waals surface area contributed by atoms with Gasteiger partial charge < -0.3 is 25.0 Å². The lowest BCUT2D eigenvalue weighted by atomic mass is 10.1. The molecule has 0 aromatic heterocycles. The Balaban J connectivity index is 1.98. The smallest absolute Gasteiger partial charge is 0.315 e. The van der Waals surface area contributed by atoms with E-state index in [9.17, 15) is 4.79 Å². The number of nitrogens with zero attached hydrogens (tertiary/aromatic N) is 1. The fourth-order valence-electron chi connectivity index (χ4n) is 2.96. The number of benzene rings is 2. The van der Waals surface area contributed by atoms with Crippen molar-refractivity contribution in [2.45, 2.75) is 19.0 Å². The van der Waals surface area contributed by atoms with Crippen molar-refractivity contribution in [3.05, 3.63) is 59.7 Å². The number of likely N-dealkylation sites (N-methyl/N-ethyl adjacent to an activating group) is 1. The average Bonchev–Trinajstić information content (AvgIpc) is 2.68. The summed E-state index contributed by atoms with van der Waals surface area (Å²) in [5.41, 5.74) is 2.05. The van der Waals surface area contributed by atoms with Gasteiger partial charge in [-0.2, -0.15) is 0 Å². The van der Waals surface area contributed by atoms with E-state index < -0.39 is 0 Å². The van der Waals surface area contributed by atoms with Crippen LogP contribution in [0.1, 0.15) is 30.1 Å². The summed E-state index contributed by atoms with van der Waals surface area (Å²) in [7, 11) is 7.22. The van der Waals surface area contributed by atoms with E-state index in [1.54, 1.807) is 14.2 Å². The summed E-state index contributed by atoms with van der Waals surface area (Å²) in [6.07, 6.45) is 0. The number of carbonyl (C=O) groups is 1. The zero-order chi connectivity index (χ0) is 19.8. The molecule has 2 amide bonds. The molecule has 2 N–H and O–H groups in total. The minimum absolute atomic E-state index is 0.0998. The monoisotopic (exact) mass is 371 g/mol. The summed E-state index contributed by atoms with van der Waals surface area (Å²) in [5, 5.41) is 5.93. The third-order valence-corrected chi connectivity index (χ3v) is 4.52. The van der Waals surface area contributed by atoms with Crippen molar-refractivity contribution in [2.24, 2.45) is 0 Å². The Bertz CT molecular complexity index is 735.